The third kappa shape index (κ3) is 2.66. The van der Waals surface area contributed by atoms with Crippen LogP contribution in [0.4, 0.5) is 0 Å². The van der Waals surface area contributed by atoms with E-state index in [1.165, 1.54) is 17.2 Å². The summed E-state index contributed by atoms with van der Waals surface area (Å²) in [5.74, 6) is 2.17. The Labute approximate surface area is 121 Å². The van der Waals surface area contributed by atoms with Gasteiger partial charge in [0.05, 0.1) is 0 Å². The smallest absolute Gasteiger partial charge is 0.127 e. The largest absolute Gasteiger partial charge is 0.489 e. The summed E-state index contributed by atoms with van der Waals surface area (Å²) in [5.41, 5.74) is 0. The van der Waals surface area contributed by atoms with Gasteiger partial charge in [-0.1, -0.05) is 50.2 Å². The number of benzene rings is 2. The molecule has 1 heterocycles. The fourth-order valence-corrected chi connectivity index (χ4v) is 3.18. The third-order valence-electron chi connectivity index (χ3n) is 4.23. The van der Waals surface area contributed by atoms with E-state index in [0.29, 0.717) is 11.8 Å². The second-order valence-corrected chi connectivity index (χ2v) is 6.06. The molecule has 2 nitrogen and oxygen atoms in total. The van der Waals surface area contributed by atoms with E-state index in [1.807, 2.05) is 0 Å². The molecule has 106 valence electrons. The Balaban J connectivity index is 1.90. The summed E-state index contributed by atoms with van der Waals surface area (Å²) in [7, 11) is 0. The molecule has 1 aliphatic rings. The molecule has 20 heavy (non-hydrogen) atoms. The third-order valence-corrected chi connectivity index (χ3v) is 4.23. The highest BCUT2D eigenvalue weighted by Crippen LogP contribution is 2.30. The molecule has 0 radical (unpaired) electrons. The number of ether oxygens (including phenoxy) is 1. The number of nitrogens with one attached hydrogen (secondary N) is 1. The minimum Gasteiger partial charge on any atom is -0.489 e. The van der Waals surface area contributed by atoms with Gasteiger partial charge < -0.3 is 10.1 Å². The van der Waals surface area contributed by atoms with Crippen LogP contribution in [0.25, 0.3) is 10.8 Å². The lowest BCUT2D eigenvalue weighted by Gasteiger charge is -2.28. The highest BCUT2D eigenvalue weighted by Gasteiger charge is 2.29. The first-order valence-corrected chi connectivity index (χ1v) is 7.61. The van der Waals surface area contributed by atoms with Crippen LogP contribution in [0.15, 0.2) is 42.5 Å². The van der Waals surface area contributed by atoms with E-state index in [9.17, 15) is 0 Å². The van der Waals surface area contributed by atoms with Crippen LogP contribution in [0.1, 0.15) is 20.3 Å². The first kappa shape index (κ1) is 13.4. The quantitative estimate of drug-likeness (QED) is 0.910. The van der Waals surface area contributed by atoms with E-state index in [2.05, 4.69) is 61.6 Å². The minimum absolute atomic E-state index is 0.288. The van der Waals surface area contributed by atoms with Crippen LogP contribution in [0.2, 0.25) is 0 Å². The summed E-state index contributed by atoms with van der Waals surface area (Å²) >= 11 is 0. The Morgan fingerprint density at radius 2 is 1.90 bits per heavy atom. The van der Waals surface area contributed by atoms with E-state index in [1.54, 1.807) is 0 Å². The summed E-state index contributed by atoms with van der Waals surface area (Å²) in [5, 5.41) is 5.91. The lowest BCUT2D eigenvalue weighted by atomic mass is 9.92. The normalized spacial score (nSPS) is 20.4. The van der Waals surface area contributed by atoms with Gasteiger partial charge in [-0.15, -0.1) is 0 Å². The first-order chi connectivity index (χ1) is 9.75. The second kappa shape index (κ2) is 5.84. The zero-order chi connectivity index (χ0) is 13.9. The van der Waals surface area contributed by atoms with Crippen LogP contribution in [-0.2, 0) is 0 Å². The molecule has 0 amide bonds. The molecule has 0 unspecified atom stereocenters. The van der Waals surface area contributed by atoms with E-state index >= 15 is 0 Å². The molecule has 0 saturated carbocycles. The fraction of sp³-hybridized carbons (Fsp3) is 0.444. The van der Waals surface area contributed by atoms with Crippen LogP contribution in [0.3, 0.4) is 0 Å². The van der Waals surface area contributed by atoms with Gasteiger partial charge in [-0.2, -0.15) is 0 Å². The molecule has 1 aliphatic heterocycles. The molecular weight excluding hydrogens is 246 g/mol. The van der Waals surface area contributed by atoms with Crippen molar-refractivity contribution in [2.75, 3.05) is 13.1 Å². The monoisotopic (exact) mass is 269 g/mol. The number of rotatable bonds is 4. The summed E-state index contributed by atoms with van der Waals surface area (Å²) in [6, 6.07) is 14.8. The Bertz CT molecular complexity index is 567. The summed E-state index contributed by atoms with van der Waals surface area (Å²) in [4.78, 5) is 0. The maximum absolute atomic E-state index is 6.43. The molecule has 2 aromatic carbocycles. The molecule has 0 aliphatic carbocycles. The second-order valence-electron chi connectivity index (χ2n) is 6.06. The van der Waals surface area contributed by atoms with Gasteiger partial charge in [0.2, 0.25) is 0 Å². The lowest BCUT2D eigenvalue weighted by molar-refractivity contribution is 0.0990. The van der Waals surface area contributed by atoms with Crippen molar-refractivity contribution in [3.63, 3.8) is 0 Å². The molecule has 3 rings (SSSR count). The molecule has 0 bridgehead atoms. The molecule has 2 aromatic rings. The number of hydrogen-bond donors (Lipinski definition) is 1. The first-order valence-electron chi connectivity index (χ1n) is 7.61. The van der Waals surface area contributed by atoms with Gasteiger partial charge in [-0.3, -0.25) is 0 Å². The SMILES string of the molecule is CC(C)[C@@H](Oc1cccc2ccccc12)[C@@H]1CCNC1. The van der Waals surface area contributed by atoms with Gasteiger partial charge in [-0.05, 0) is 30.3 Å². The van der Waals surface area contributed by atoms with E-state index in [-0.39, 0.29) is 6.10 Å². The van der Waals surface area contributed by atoms with Crippen molar-refractivity contribution in [3.05, 3.63) is 42.5 Å². The zero-order valence-corrected chi connectivity index (χ0v) is 12.3. The predicted octanol–water partition coefficient (Wildman–Crippen LogP) is 3.85. The van der Waals surface area contributed by atoms with Crippen LogP contribution >= 0.6 is 0 Å². The van der Waals surface area contributed by atoms with Crippen molar-refractivity contribution in [3.8, 4) is 5.75 Å². The fourth-order valence-electron chi connectivity index (χ4n) is 3.18. The average Bonchev–Trinajstić information content (AvgIpc) is 2.98. The maximum atomic E-state index is 6.43. The number of hydrogen-bond acceptors (Lipinski definition) is 2. The van der Waals surface area contributed by atoms with Gasteiger partial charge in [0.15, 0.2) is 0 Å². The summed E-state index contributed by atoms with van der Waals surface area (Å²) < 4.78 is 6.43. The minimum atomic E-state index is 0.288. The highest BCUT2D eigenvalue weighted by molar-refractivity contribution is 5.88. The Hall–Kier alpha value is -1.54. The van der Waals surface area contributed by atoms with Crippen molar-refractivity contribution in [2.45, 2.75) is 26.4 Å². The van der Waals surface area contributed by atoms with Crippen molar-refractivity contribution in [1.82, 2.24) is 5.32 Å². The Morgan fingerprint density at radius 1 is 1.10 bits per heavy atom. The van der Waals surface area contributed by atoms with E-state index in [4.69, 9.17) is 4.74 Å². The molecule has 2 heteroatoms. The van der Waals surface area contributed by atoms with Gasteiger partial charge in [-0.25, -0.2) is 0 Å². The lowest BCUT2D eigenvalue weighted by Crippen LogP contribution is -2.33. The number of fused-ring (bicyclic) bond motifs is 1. The van der Waals surface area contributed by atoms with Crippen LogP contribution < -0.4 is 10.1 Å². The van der Waals surface area contributed by atoms with Crippen molar-refractivity contribution >= 4 is 10.8 Å². The molecule has 2 atom stereocenters. The van der Waals surface area contributed by atoms with Crippen LogP contribution in [-0.4, -0.2) is 19.2 Å². The van der Waals surface area contributed by atoms with Gasteiger partial charge >= 0.3 is 0 Å². The molecule has 1 fully saturated rings. The molecule has 1 N–H and O–H groups in total. The Morgan fingerprint density at radius 3 is 2.65 bits per heavy atom. The molecule has 0 spiro atoms. The standard InChI is InChI=1S/C18H23NO/c1-13(2)18(15-10-11-19-12-15)20-17-9-5-7-14-6-3-4-8-16(14)17/h3-9,13,15,18-19H,10-12H2,1-2H3/t15-,18-/m1/s1. The van der Waals surface area contributed by atoms with Crippen molar-refractivity contribution in [2.24, 2.45) is 11.8 Å². The summed E-state index contributed by atoms with van der Waals surface area (Å²) in [6.45, 7) is 6.71. The molecular formula is C18H23NO. The predicted molar refractivity (Wildman–Crippen MR) is 84.2 cm³/mol. The topological polar surface area (TPSA) is 21.3 Å². The molecule has 0 aromatic heterocycles. The van der Waals surface area contributed by atoms with Gasteiger partial charge in [0.25, 0.3) is 0 Å². The Kier molecular flexibility index (Phi) is 3.93. The van der Waals surface area contributed by atoms with Crippen LogP contribution in [0.5, 0.6) is 5.75 Å². The van der Waals surface area contributed by atoms with Crippen LogP contribution in [0, 0.1) is 11.8 Å². The van der Waals surface area contributed by atoms with Crippen molar-refractivity contribution < 1.29 is 4.74 Å². The zero-order valence-electron chi connectivity index (χ0n) is 12.3. The average molecular weight is 269 g/mol. The van der Waals surface area contributed by atoms with E-state index in [0.717, 1.165) is 18.8 Å². The molecule has 1 saturated heterocycles. The maximum Gasteiger partial charge on any atom is 0.127 e. The van der Waals surface area contributed by atoms with E-state index < -0.39 is 0 Å². The summed E-state index contributed by atoms with van der Waals surface area (Å²) in [6.07, 6.45) is 1.50. The van der Waals surface area contributed by atoms with Gasteiger partial charge in [0, 0.05) is 17.8 Å². The highest BCUT2D eigenvalue weighted by atomic mass is 16.5. The van der Waals surface area contributed by atoms with Gasteiger partial charge in [0.1, 0.15) is 11.9 Å². The van der Waals surface area contributed by atoms with Crippen molar-refractivity contribution in [1.29, 1.82) is 0 Å².